The van der Waals surface area contributed by atoms with Gasteiger partial charge in [-0.2, -0.15) is 5.26 Å². The highest BCUT2D eigenvalue weighted by molar-refractivity contribution is 5.91. The van der Waals surface area contributed by atoms with Crippen molar-refractivity contribution in [2.24, 2.45) is 11.8 Å². The number of aromatic nitrogens is 1. The van der Waals surface area contributed by atoms with Crippen LogP contribution < -0.4 is 10.2 Å². The number of nitriles is 1. The van der Waals surface area contributed by atoms with Crippen molar-refractivity contribution in [2.75, 3.05) is 31.1 Å². The molecule has 9 heteroatoms. The first-order valence-electron chi connectivity index (χ1n) is 11.3. The van der Waals surface area contributed by atoms with Gasteiger partial charge in [0.05, 0.1) is 30.5 Å². The molecule has 5 rings (SSSR count). The lowest BCUT2D eigenvalue weighted by Gasteiger charge is -2.19. The zero-order valence-corrected chi connectivity index (χ0v) is 19.0. The molecule has 3 atom stereocenters. The topological polar surface area (TPSA) is 116 Å². The van der Waals surface area contributed by atoms with Gasteiger partial charge in [-0.05, 0) is 36.2 Å². The molecule has 0 bridgehead atoms. The Labute approximate surface area is 197 Å². The molecule has 3 aliphatic rings. The smallest absolute Gasteiger partial charge is 0.414 e. The van der Waals surface area contributed by atoms with Crippen LogP contribution >= 0.6 is 0 Å². The van der Waals surface area contributed by atoms with Crippen molar-refractivity contribution in [1.82, 2.24) is 15.2 Å². The average Bonchev–Trinajstić information content (AvgIpc) is 3.11. The Balaban J connectivity index is 1.31. The van der Waals surface area contributed by atoms with E-state index < -0.39 is 11.5 Å². The van der Waals surface area contributed by atoms with Gasteiger partial charge in [0.25, 0.3) is 0 Å². The van der Waals surface area contributed by atoms with Gasteiger partial charge < -0.3 is 15.0 Å². The number of likely N-dealkylation sites (tertiary alicyclic amines) is 1. The number of ether oxygens (including phenoxy) is 1. The maximum Gasteiger partial charge on any atom is 0.414 e. The van der Waals surface area contributed by atoms with Crippen LogP contribution in [0.25, 0.3) is 11.1 Å². The number of rotatable bonds is 6. The second kappa shape index (κ2) is 8.13. The molecule has 0 radical (unpaired) electrons. The van der Waals surface area contributed by atoms with E-state index in [9.17, 15) is 19.6 Å². The van der Waals surface area contributed by atoms with Gasteiger partial charge in [0.2, 0.25) is 12.3 Å². The summed E-state index contributed by atoms with van der Waals surface area (Å²) in [7, 11) is 0. The third-order valence-electron chi connectivity index (χ3n) is 7.20. The minimum absolute atomic E-state index is 0.150. The van der Waals surface area contributed by atoms with E-state index in [2.05, 4.69) is 16.4 Å². The van der Waals surface area contributed by atoms with E-state index in [0.717, 1.165) is 34.5 Å². The van der Waals surface area contributed by atoms with Crippen LogP contribution in [0.4, 0.5) is 10.5 Å². The second-order valence-electron chi connectivity index (χ2n) is 9.24. The highest BCUT2D eigenvalue weighted by Gasteiger charge is 2.70. The van der Waals surface area contributed by atoms with Crippen LogP contribution in [0.3, 0.4) is 0 Å². The van der Waals surface area contributed by atoms with Gasteiger partial charge >= 0.3 is 6.09 Å². The molecule has 1 N–H and O–H groups in total. The van der Waals surface area contributed by atoms with Crippen LogP contribution in [0.15, 0.2) is 36.5 Å². The molecule has 2 aliphatic heterocycles. The number of carbonyl (C=O) groups excluding carboxylic acids is 3. The molecule has 3 unspecified atom stereocenters. The lowest BCUT2D eigenvalue weighted by Crippen LogP contribution is -2.33. The zero-order valence-electron chi connectivity index (χ0n) is 19.0. The summed E-state index contributed by atoms with van der Waals surface area (Å²) >= 11 is 0. The number of nitrogens with one attached hydrogen (secondary N) is 1. The highest BCUT2D eigenvalue weighted by atomic mass is 16.6. The molecule has 3 fully saturated rings. The largest absolute Gasteiger partial charge is 0.442 e. The summed E-state index contributed by atoms with van der Waals surface area (Å²) < 4.78 is 5.37. The minimum Gasteiger partial charge on any atom is -0.442 e. The molecular weight excluding hydrogens is 434 g/mol. The van der Waals surface area contributed by atoms with Crippen molar-refractivity contribution in [3.8, 4) is 17.2 Å². The molecule has 1 saturated carbocycles. The first-order valence-corrected chi connectivity index (χ1v) is 11.3. The molecule has 9 nitrogen and oxygen atoms in total. The molecule has 3 heterocycles. The lowest BCUT2D eigenvalue weighted by molar-refractivity contribution is -0.119. The summed E-state index contributed by atoms with van der Waals surface area (Å²) in [5.74, 6) is 0.137. The number of carbonyl (C=O) groups is 3. The number of pyridine rings is 1. The SMILES string of the molecule is CC(=O)NCC1CN(c2ccc(-c3ccc(C4(C#N)C5CN(C=O)CC54)nc3)cc2C)C(=O)O1. The standard InChI is InChI=1S/C25H25N5O4/c1-15-7-17(3-5-22(15)30-10-19(34-24(30)33)9-27-16(2)32)18-4-6-23(28-8-18)25(13-26)20-11-29(14-31)12-21(20)25/h3-8,14,19-21H,9-12H2,1-2H3,(H,27,32). The fourth-order valence-electron chi connectivity index (χ4n) is 5.38. The molecule has 2 saturated heterocycles. The van der Waals surface area contributed by atoms with E-state index in [4.69, 9.17) is 4.74 Å². The maximum absolute atomic E-state index is 12.4. The van der Waals surface area contributed by atoms with Crippen molar-refractivity contribution in [3.63, 3.8) is 0 Å². The number of amides is 3. The summed E-state index contributed by atoms with van der Waals surface area (Å²) in [4.78, 5) is 42.4. The van der Waals surface area contributed by atoms with E-state index in [1.165, 1.54) is 6.92 Å². The van der Waals surface area contributed by atoms with Gasteiger partial charge in [-0.1, -0.05) is 12.1 Å². The summed E-state index contributed by atoms with van der Waals surface area (Å²) in [6.45, 7) is 5.23. The van der Waals surface area contributed by atoms with Gasteiger partial charge in [-0.25, -0.2) is 4.79 Å². The van der Waals surface area contributed by atoms with E-state index >= 15 is 0 Å². The van der Waals surface area contributed by atoms with Crippen molar-refractivity contribution in [2.45, 2.75) is 25.4 Å². The predicted molar refractivity (Wildman–Crippen MR) is 123 cm³/mol. The van der Waals surface area contributed by atoms with Crippen molar-refractivity contribution in [1.29, 1.82) is 5.26 Å². The summed E-state index contributed by atoms with van der Waals surface area (Å²) in [5.41, 5.74) is 3.71. The number of hydrogen-bond donors (Lipinski definition) is 1. The van der Waals surface area contributed by atoms with Crippen LogP contribution in [0, 0.1) is 30.1 Å². The third kappa shape index (κ3) is 3.46. The zero-order chi connectivity index (χ0) is 24.0. The Kier molecular flexibility index (Phi) is 5.24. The average molecular weight is 460 g/mol. The summed E-state index contributed by atoms with van der Waals surface area (Å²) in [5, 5.41) is 12.6. The van der Waals surface area contributed by atoms with E-state index in [-0.39, 0.29) is 30.4 Å². The van der Waals surface area contributed by atoms with Crippen LogP contribution in [-0.4, -0.2) is 60.6 Å². The van der Waals surface area contributed by atoms with Gasteiger partial charge in [-0.15, -0.1) is 0 Å². The Bertz CT molecular complexity index is 1190. The molecule has 1 aromatic carbocycles. The van der Waals surface area contributed by atoms with E-state index in [1.54, 1.807) is 16.0 Å². The quantitative estimate of drug-likeness (QED) is 0.661. The Morgan fingerprint density at radius 3 is 2.59 bits per heavy atom. The normalized spacial score (nSPS) is 27.1. The molecule has 174 valence electrons. The molecule has 34 heavy (non-hydrogen) atoms. The number of cyclic esters (lactones) is 1. The maximum atomic E-state index is 12.4. The van der Waals surface area contributed by atoms with Crippen molar-refractivity contribution in [3.05, 3.63) is 47.8 Å². The number of hydrogen-bond acceptors (Lipinski definition) is 6. The minimum atomic E-state index is -0.596. The molecule has 0 spiro atoms. The third-order valence-corrected chi connectivity index (χ3v) is 7.20. The van der Waals surface area contributed by atoms with Gasteiger partial charge in [0.15, 0.2) is 0 Å². The van der Waals surface area contributed by atoms with E-state index in [0.29, 0.717) is 19.6 Å². The Morgan fingerprint density at radius 2 is 2.00 bits per heavy atom. The van der Waals surface area contributed by atoms with Gasteiger partial charge in [0.1, 0.15) is 11.5 Å². The van der Waals surface area contributed by atoms with Crippen molar-refractivity contribution >= 4 is 24.1 Å². The molecule has 1 aromatic heterocycles. The first kappa shape index (κ1) is 21.9. The monoisotopic (exact) mass is 459 g/mol. The predicted octanol–water partition coefficient (Wildman–Crippen LogP) is 2.00. The fourth-order valence-corrected chi connectivity index (χ4v) is 5.38. The van der Waals surface area contributed by atoms with Gasteiger partial charge in [0, 0.05) is 43.6 Å². The molecular formula is C25H25N5O4. The van der Waals surface area contributed by atoms with Crippen LogP contribution in [0.1, 0.15) is 18.2 Å². The fraction of sp³-hybridized carbons (Fsp3) is 0.400. The molecule has 2 aromatic rings. The number of fused-ring (bicyclic) bond motifs is 1. The summed E-state index contributed by atoms with van der Waals surface area (Å²) in [6, 6.07) is 12.2. The Hall–Kier alpha value is -3.93. The van der Waals surface area contributed by atoms with Crippen LogP contribution in [0.2, 0.25) is 0 Å². The highest BCUT2D eigenvalue weighted by Crippen LogP contribution is 2.62. The number of piperidine rings is 1. The summed E-state index contributed by atoms with van der Waals surface area (Å²) in [6.07, 6.45) is 1.81. The molecule has 3 amide bonds. The number of aryl methyl sites for hydroxylation is 1. The lowest BCUT2D eigenvalue weighted by atomic mass is 9.95. The number of nitrogens with zero attached hydrogens (tertiary/aromatic N) is 4. The van der Waals surface area contributed by atoms with Gasteiger partial charge in [-0.3, -0.25) is 19.5 Å². The van der Waals surface area contributed by atoms with Crippen LogP contribution in [0.5, 0.6) is 0 Å². The van der Waals surface area contributed by atoms with Crippen molar-refractivity contribution < 1.29 is 19.1 Å². The van der Waals surface area contributed by atoms with Crippen LogP contribution in [-0.2, 0) is 19.7 Å². The Morgan fingerprint density at radius 1 is 1.26 bits per heavy atom. The first-order chi connectivity index (χ1) is 16.4. The molecule has 1 aliphatic carbocycles. The number of anilines is 1. The van der Waals surface area contributed by atoms with E-state index in [1.807, 2.05) is 37.3 Å². The number of benzene rings is 1. The second-order valence-corrected chi connectivity index (χ2v) is 9.24.